The molecule has 144 valence electrons. The summed E-state index contributed by atoms with van der Waals surface area (Å²) in [6.45, 7) is 6.61. The molecule has 0 aliphatic carbocycles. The molecule has 1 N–H and O–H groups in total. The van der Waals surface area contributed by atoms with Gasteiger partial charge in [-0.25, -0.2) is 9.69 Å². The number of amides is 2. The molecule has 0 bridgehead atoms. The molecule has 27 heavy (non-hydrogen) atoms. The standard InChI is InChI=1S/C20H24ClN3O2S/c1-4-18(26-3)17(13-15(2)21)24(20-22-11-8-12-27-20)19(25)23-14-16-9-6-5-7-10-16/h4-7,9-10,13H,1,8,11-12,14H2,2-3H3,(H,23,25)/b15-13+,18-17-. The van der Waals surface area contributed by atoms with Crippen LogP contribution in [0.25, 0.3) is 0 Å². The number of carbonyl (C=O) groups is 1. The van der Waals surface area contributed by atoms with Gasteiger partial charge in [0.2, 0.25) is 0 Å². The number of allylic oxidation sites excluding steroid dienone is 3. The molecule has 2 amide bonds. The Labute approximate surface area is 169 Å². The van der Waals surface area contributed by atoms with Crippen molar-refractivity contribution in [1.82, 2.24) is 10.2 Å². The Morgan fingerprint density at radius 1 is 1.44 bits per heavy atom. The van der Waals surface area contributed by atoms with Crippen molar-refractivity contribution >= 4 is 34.6 Å². The zero-order chi connectivity index (χ0) is 19.6. The third-order valence-electron chi connectivity index (χ3n) is 3.70. The highest BCUT2D eigenvalue weighted by Gasteiger charge is 2.27. The Hall–Kier alpha value is -2.18. The van der Waals surface area contributed by atoms with Gasteiger partial charge in [0.05, 0.1) is 12.8 Å². The number of halogens is 1. The average molecular weight is 406 g/mol. The summed E-state index contributed by atoms with van der Waals surface area (Å²) in [5, 5.41) is 4.08. The van der Waals surface area contributed by atoms with Crippen LogP contribution in [0.1, 0.15) is 18.9 Å². The zero-order valence-corrected chi connectivity index (χ0v) is 17.1. The first kappa shape index (κ1) is 21.1. The summed E-state index contributed by atoms with van der Waals surface area (Å²) in [6.07, 6.45) is 4.22. The van der Waals surface area contributed by atoms with E-state index in [0.29, 0.717) is 34.7 Å². The Kier molecular flexibility index (Phi) is 8.48. The zero-order valence-electron chi connectivity index (χ0n) is 15.6. The van der Waals surface area contributed by atoms with Crippen molar-refractivity contribution in [3.63, 3.8) is 0 Å². The fraction of sp³-hybridized carbons (Fsp3) is 0.300. The molecule has 0 radical (unpaired) electrons. The van der Waals surface area contributed by atoms with Crippen molar-refractivity contribution in [2.45, 2.75) is 19.9 Å². The van der Waals surface area contributed by atoms with Crippen LogP contribution in [-0.2, 0) is 11.3 Å². The minimum absolute atomic E-state index is 0.299. The molecule has 1 aliphatic rings. The molecule has 0 atom stereocenters. The van der Waals surface area contributed by atoms with Crippen LogP contribution in [0.5, 0.6) is 0 Å². The van der Waals surface area contributed by atoms with E-state index >= 15 is 0 Å². The fourth-order valence-corrected chi connectivity index (χ4v) is 3.51. The van der Waals surface area contributed by atoms with E-state index in [1.807, 2.05) is 30.3 Å². The number of benzene rings is 1. The molecule has 2 rings (SSSR count). The molecule has 0 saturated carbocycles. The van der Waals surface area contributed by atoms with Crippen molar-refractivity contribution in [2.75, 3.05) is 19.4 Å². The largest absolute Gasteiger partial charge is 0.495 e. The smallest absolute Gasteiger partial charge is 0.328 e. The molecule has 1 aliphatic heterocycles. The van der Waals surface area contributed by atoms with Crippen molar-refractivity contribution in [2.24, 2.45) is 4.99 Å². The number of urea groups is 1. The third-order valence-corrected chi connectivity index (χ3v) is 4.87. The summed E-state index contributed by atoms with van der Waals surface area (Å²) in [6, 6.07) is 9.43. The van der Waals surface area contributed by atoms with Gasteiger partial charge in [0.25, 0.3) is 0 Å². The van der Waals surface area contributed by atoms with Gasteiger partial charge in [0.1, 0.15) is 5.76 Å². The van der Waals surface area contributed by atoms with Gasteiger partial charge in [0, 0.05) is 23.9 Å². The minimum atomic E-state index is -0.299. The second-order valence-electron chi connectivity index (χ2n) is 5.73. The summed E-state index contributed by atoms with van der Waals surface area (Å²) in [5.74, 6) is 1.34. The number of aliphatic imine (C=N–C) groups is 1. The summed E-state index contributed by atoms with van der Waals surface area (Å²) < 4.78 is 5.42. The first-order valence-corrected chi connectivity index (χ1v) is 9.96. The van der Waals surface area contributed by atoms with Crippen LogP contribution in [0.15, 0.2) is 70.5 Å². The number of amidine groups is 1. The second-order valence-corrected chi connectivity index (χ2v) is 7.39. The van der Waals surface area contributed by atoms with Crippen LogP contribution in [0, 0.1) is 0 Å². The summed E-state index contributed by atoms with van der Waals surface area (Å²) in [7, 11) is 1.53. The van der Waals surface area contributed by atoms with Gasteiger partial charge in [-0.1, -0.05) is 60.3 Å². The third kappa shape index (κ3) is 6.19. The van der Waals surface area contributed by atoms with Crippen LogP contribution < -0.4 is 5.32 Å². The van der Waals surface area contributed by atoms with Gasteiger partial charge in [0.15, 0.2) is 5.17 Å². The monoisotopic (exact) mass is 405 g/mol. The van der Waals surface area contributed by atoms with Gasteiger partial charge in [-0.3, -0.25) is 4.99 Å². The van der Waals surface area contributed by atoms with Crippen LogP contribution in [-0.4, -0.2) is 35.5 Å². The van der Waals surface area contributed by atoms with E-state index < -0.39 is 0 Å². The molecule has 7 heteroatoms. The van der Waals surface area contributed by atoms with Gasteiger partial charge >= 0.3 is 6.03 Å². The molecule has 1 aromatic rings. The van der Waals surface area contributed by atoms with E-state index in [4.69, 9.17) is 16.3 Å². The van der Waals surface area contributed by atoms with Gasteiger partial charge in [-0.05, 0) is 31.1 Å². The first-order chi connectivity index (χ1) is 13.1. The number of hydrogen-bond acceptors (Lipinski definition) is 4. The van der Waals surface area contributed by atoms with Crippen molar-refractivity contribution in [3.05, 3.63) is 71.1 Å². The maximum Gasteiger partial charge on any atom is 0.328 e. The lowest BCUT2D eigenvalue weighted by Gasteiger charge is -2.28. The molecule has 1 heterocycles. The SMILES string of the molecule is C=C/C(OC)=C(\C=C(/C)Cl)N(C(=O)NCc1ccccc1)C1=NCCCS1. The predicted octanol–water partition coefficient (Wildman–Crippen LogP) is 4.88. The quantitative estimate of drug-likeness (QED) is 0.542. The Balaban J connectivity index is 2.38. The van der Waals surface area contributed by atoms with E-state index in [-0.39, 0.29) is 6.03 Å². The van der Waals surface area contributed by atoms with E-state index in [1.165, 1.54) is 23.8 Å². The topological polar surface area (TPSA) is 53.9 Å². The fourth-order valence-electron chi connectivity index (χ4n) is 2.46. The lowest BCUT2D eigenvalue weighted by molar-refractivity contribution is 0.225. The maximum absolute atomic E-state index is 13.1. The Bertz CT molecular complexity index is 756. The van der Waals surface area contributed by atoms with E-state index in [9.17, 15) is 4.79 Å². The Morgan fingerprint density at radius 2 is 2.19 bits per heavy atom. The highest BCUT2D eigenvalue weighted by Crippen LogP contribution is 2.25. The van der Waals surface area contributed by atoms with Crippen LogP contribution >= 0.6 is 23.4 Å². The highest BCUT2D eigenvalue weighted by molar-refractivity contribution is 8.13. The van der Waals surface area contributed by atoms with Crippen molar-refractivity contribution in [3.8, 4) is 0 Å². The molecule has 0 saturated heterocycles. The van der Waals surface area contributed by atoms with E-state index in [0.717, 1.165) is 17.7 Å². The molecule has 0 unspecified atom stereocenters. The number of ether oxygens (including phenoxy) is 1. The number of hydrogen-bond donors (Lipinski definition) is 1. The second kappa shape index (κ2) is 10.8. The highest BCUT2D eigenvalue weighted by atomic mass is 35.5. The summed E-state index contributed by atoms with van der Waals surface area (Å²) in [5.41, 5.74) is 1.51. The number of carbonyl (C=O) groups excluding carboxylic acids is 1. The summed E-state index contributed by atoms with van der Waals surface area (Å²) >= 11 is 7.66. The van der Waals surface area contributed by atoms with Crippen molar-refractivity contribution in [1.29, 1.82) is 0 Å². The van der Waals surface area contributed by atoms with Crippen LogP contribution in [0.4, 0.5) is 4.79 Å². The van der Waals surface area contributed by atoms with Gasteiger partial charge < -0.3 is 10.1 Å². The minimum Gasteiger partial charge on any atom is -0.495 e. The van der Waals surface area contributed by atoms with Crippen molar-refractivity contribution < 1.29 is 9.53 Å². The molecule has 0 spiro atoms. The average Bonchev–Trinajstić information content (AvgIpc) is 2.68. The van der Waals surface area contributed by atoms with E-state index in [2.05, 4.69) is 16.9 Å². The molecule has 0 fully saturated rings. The van der Waals surface area contributed by atoms with E-state index in [1.54, 1.807) is 19.1 Å². The first-order valence-electron chi connectivity index (χ1n) is 8.60. The lowest BCUT2D eigenvalue weighted by atomic mass is 10.2. The molecular formula is C20H24ClN3O2S. The molecule has 5 nitrogen and oxygen atoms in total. The van der Waals surface area contributed by atoms with Gasteiger partial charge in [-0.15, -0.1) is 0 Å². The predicted molar refractivity (Wildman–Crippen MR) is 114 cm³/mol. The molecular weight excluding hydrogens is 382 g/mol. The number of nitrogens with zero attached hydrogens (tertiary/aromatic N) is 2. The van der Waals surface area contributed by atoms with Gasteiger partial charge in [-0.2, -0.15) is 0 Å². The number of rotatable bonds is 6. The lowest BCUT2D eigenvalue weighted by Crippen LogP contribution is -2.43. The van der Waals surface area contributed by atoms with Crippen LogP contribution in [0.2, 0.25) is 0 Å². The van der Waals surface area contributed by atoms with Crippen LogP contribution in [0.3, 0.4) is 0 Å². The molecule has 1 aromatic carbocycles. The number of thioether (sulfide) groups is 1. The number of nitrogens with one attached hydrogen (secondary N) is 1. The molecule has 0 aromatic heterocycles. The Morgan fingerprint density at radius 3 is 2.74 bits per heavy atom. The summed E-state index contributed by atoms with van der Waals surface area (Å²) in [4.78, 5) is 19.1. The number of methoxy groups -OCH3 is 1. The normalized spacial score (nSPS) is 15.4. The maximum atomic E-state index is 13.1.